The lowest BCUT2D eigenvalue weighted by molar-refractivity contribution is 0.628. The molecule has 0 heterocycles. The molecule has 0 bridgehead atoms. The van der Waals surface area contributed by atoms with E-state index < -0.39 is 21.5 Å². The number of hydrogen-bond donors (Lipinski definition) is 0. The summed E-state index contributed by atoms with van der Waals surface area (Å²) < 4.78 is 28.1. The molecule has 0 radical (unpaired) electrons. The number of benzene rings is 1. The zero-order valence-electron chi connectivity index (χ0n) is 9.33. The zero-order valence-corrected chi connectivity index (χ0v) is 10.9. The smallest absolute Gasteiger partial charge is 0.144 e. The van der Waals surface area contributed by atoms with E-state index in [0.29, 0.717) is 5.56 Å². The molecule has 0 aliphatic rings. The van der Waals surface area contributed by atoms with Crippen molar-refractivity contribution in [1.29, 1.82) is 0 Å². The van der Waals surface area contributed by atoms with Crippen LogP contribution >= 0.6 is 11.6 Å². The molecule has 0 saturated carbocycles. The van der Waals surface area contributed by atoms with Gasteiger partial charge in [-0.25, -0.2) is 8.60 Å². The molecule has 0 fully saturated rings. The van der Waals surface area contributed by atoms with Gasteiger partial charge in [-0.2, -0.15) is 4.40 Å². The van der Waals surface area contributed by atoms with Gasteiger partial charge in [0.2, 0.25) is 0 Å². The van der Waals surface area contributed by atoms with Gasteiger partial charge in [0.1, 0.15) is 16.8 Å². The van der Waals surface area contributed by atoms with Gasteiger partial charge in [-0.1, -0.05) is 17.7 Å². The fourth-order valence-electron chi connectivity index (χ4n) is 0.860. The molecule has 0 spiro atoms. The summed E-state index contributed by atoms with van der Waals surface area (Å²) in [5.41, 5.74) is 0.541. The van der Waals surface area contributed by atoms with Crippen molar-refractivity contribution < 1.29 is 8.60 Å². The molecule has 0 aliphatic carbocycles. The first-order valence-electron chi connectivity index (χ1n) is 4.72. The maximum Gasteiger partial charge on any atom is 0.144 e. The van der Waals surface area contributed by atoms with Crippen LogP contribution in [0.15, 0.2) is 22.6 Å². The first-order valence-corrected chi connectivity index (χ1v) is 6.20. The maximum atomic E-state index is 13.1. The minimum absolute atomic E-state index is 0.0640. The predicted octanol–water partition coefficient (Wildman–Crippen LogP) is 3.36. The lowest BCUT2D eigenvalue weighted by Gasteiger charge is -2.12. The van der Waals surface area contributed by atoms with Crippen LogP contribution in [0.4, 0.5) is 4.39 Å². The average Bonchev–Trinajstić information content (AvgIpc) is 2.18. The molecule has 0 aliphatic heterocycles. The Labute approximate surface area is 102 Å². The summed E-state index contributed by atoms with van der Waals surface area (Å²) in [6.07, 6.45) is 1.39. The lowest BCUT2D eigenvalue weighted by Crippen LogP contribution is -2.19. The SMILES string of the molecule is CC(C)(C)[S@@](=O)N=Cc1ccc(Cl)c(F)c1. The van der Waals surface area contributed by atoms with E-state index in [1.54, 1.807) is 6.07 Å². The molecule has 5 heteroatoms. The number of rotatable bonds is 2. The van der Waals surface area contributed by atoms with Crippen LogP contribution in [-0.2, 0) is 11.0 Å². The van der Waals surface area contributed by atoms with E-state index in [1.165, 1.54) is 18.3 Å². The van der Waals surface area contributed by atoms with E-state index in [-0.39, 0.29) is 5.02 Å². The standard InChI is InChI=1S/C11H13ClFNOS/c1-11(2,3)16(15)14-7-8-4-5-9(12)10(13)6-8/h4-7H,1-3H3/t16-/m1/s1. The van der Waals surface area contributed by atoms with Crippen molar-refractivity contribution in [2.24, 2.45) is 4.40 Å². The van der Waals surface area contributed by atoms with Gasteiger partial charge in [-0.15, -0.1) is 0 Å². The summed E-state index contributed by atoms with van der Waals surface area (Å²) in [6.45, 7) is 5.47. The Balaban J connectivity index is 2.85. The first kappa shape index (κ1) is 13.3. The third-order valence-electron chi connectivity index (χ3n) is 1.77. The minimum Gasteiger partial charge on any atom is -0.234 e. The van der Waals surface area contributed by atoms with Gasteiger partial charge in [0.05, 0.1) is 9.77 Å². The molecule has 2 nitrogen and oxygen atoms in total. The highest BCUT2D eigenvalue weighted by atomic mass is 35.5. The second-order valence-corrected chi connectivity index (χ2v) is 6.61. The van der Waals surface area contributed by atoms with Crippen LogP contribution in [0.5, 0.6) is 0 Å². The van der Waals surface area contributed by atoms with Crippen LogP contribution in [0.25, 0.3) is 0 Å². The summed E-state index contributed by atoms with van der Waals surface area (Å²) in [5.74, 6) is -0.507. The van der Waals surface area contributed by atoms with Crippen LogP contribution in [0.1, 0.15) is 26.3 Å². The van der Waals surface area contributed by atoms with E-state index in [4.69, 9.17) is 11.6 Å². The summed E-state index contributed by atoms with van der Waals surface area (Å²) in [7, 11) is -1.34. The summed E-state index contributed by atoms with van der Waals surface area (Å²) in [4.78, 5) is 0. The largest absolute Gasteiger partial charge is 0.234 e. The van der Waals surface area contributed by atoms with Crippen molar-refractivity contribution >= 4 is 28.8 Å². The van der Waals surface area contributed by atoms with Crippen molar-refractivity contribution in [3.63, 3.8) is 0 Å². The summed E-state index contributed by atoms with van der Waals surface area (Å²) in [5, 5.41) is 0.0640. The fraction of sp³-hybridized carbons (Fsp3) is 0.364. The highest BCUT2D eigenvalue weighted by molar-refractivity contribution is 7.85. The Morgan fingerprint density at radius 2 is 2.06 bits per heavy atom. The maximum absolute atomic E-state index is 13.1. The van der Waals surface area contributed by atoms with Gasteiger partial charge < -0.3 is 0 Å². The van der Waals surface area contributed by atoms with Gasteiger partial charge in [0.25, 0.3) is 0 Å². The van der Waals surface area contributed by atoms with Crippen LogP contribution in [-0.4, -0.2) is 15.2 Å². The van der Waals surface area contributed by atoms with Crippen molar-refractivity contribution in [1.82, 2.24) is 0 Å². The molecule has 88 valence electrons. The van der Waals surface area contributed by atoms with Crippen molar-refractivity contribution in [2.75, 3.05) is 0 Å². The molecule has 0 saturated heterocycles. The third-order valence-corrected chi connectivity index (χ3v) is 3.42. The molecule has 1 aromatic rings. The minimum atomic E-state index is -1.34. The molecular weight excluding hydrogens is 249 g/mol. The average molecular weight is 262 g/mol. The molecule has 0 amide bonds. The fourth-order valence-corrected chi connectivity index (χ4v) is 1.51. The van der Waals surface area contributed by atoms with Crippen molar-refractivity contribution in [3.8, 4) is 0 Å². The van der Waals surface area contributed by atoms with E-state index in [1.807, 2.05) is 20.8 Å². The Morgan fingerprint density at radius 1 is 1.44 bits per heavy atom. The number of halogens is 2. The Morgan fingerprint density at radius 3 is 2.56 bits per heavy atom. The van der Waals surface area contributed by atoms with Crippen LogP contribution in [0, 0.1) is 5.82 Å². The van der Waals surface area contributed by atoms with Gasteiger partial charge >= 0.3 is 0 Å². The summed E-state index contributed by atoms with van der Waals surface area (Å²) in [6, 6.07) is 4.32. The van der Waals surface area contributed by atoms with Gasteiger partial charge in [-0.05, 0) is 38.5 Å². The van der Waals surface area contributed by atoms with Gasteiger partial charge in [-0.3, -0.25) is 0 Å². The highest BCUT2D eigenvalue weighted by Crippen LogP contribution is 2.15. The Bertz CT molecular complexity index is 440. The topological polar surface area (TPSA) is 29.4 Å². The lowest BCUT2D eigenvalue weighted by atomic mass is 10.2. The molecule has 1 rings (SSSR count). The highest BCUT2D eigenvalue weighted by Gasteiger charge is 2.18. The second kappa shape index (κ2) is 5.06. The monoisotopic (exact) mass is 261 g/mol. The normalized spacial score (nSPS) is 14.3. The third kappa shape index (κ3) is 3.68. The number of hydrogen-bond acceptors (Lipinski definition) is 1. The van der Waals surface area contributed by atoms with E-state index in [9.17, 15) is 8.60 Å². The van der Waals surface area contributed by atoms with Gasteiger partial charge in [0, 0.05) is 6.21 Å². The van der Waals surface area contributed by atoms with Crippen LogP contribution < -0.4 is 0 Å². The first-order chi connectivity index (χ1) is 7.30. The van der Waals surface area contributed by atoms with E-state index in [2.05, 4.69) is 4.40 Å². The summed E-state index contributed by atoms with van der Waals surface area (Å²) >= 11 is 5.54. The predicted molar refractivity (Wildman–Crippen MR) is 66.9 cm³/mol. The van der Waals surface area contributed by atoms with Crippen LogP contribution in [0.3, 0.4) is 0 Å². The van der Waals surface area contributed by atoms with Crippen molar-refractivity contribution in [3.05, 3.63) is 34.6 Å². The van der Waals surface area contributed by atoms with Gasteiger partial charge in [0.15, 0.2) is 0 Å². The molecule has 0 N–H and O–H groups in total. The molecule has 0 unspecified atom stereocenters. The molecule has 1 atom stereocenters. The van der Waals surface area contributed by atoms with E-state index >= 15 is 0 Å². The molecular formula is C11H13ClFNOS. The second-order valence-electron chi connectivity index (χ2n) is 4.27. The van der Waals surface area contributed by atoms with E-state index in [0.717, 1.165) is 0 Å². The Hall–Kier alpha value is -0.740. The molecule has 0 aromatic heterocycles. The zero-order chi connectivity index (χ0) is 12.3. The molecule has 16 heavy (non-hydrogen) atoms. The molecule has 1 aromatic carbocycles. The quantitative estimate of drug-likeness (QED) is 0.751. The van der Waals surface area contributed by atoms with Crippen molar-refractivity contribution in [2.45, 2.75) is 25.5 Å². The number of nitrogens with zero attached hydrogens (tertiary/aromatic N) is 1. The Kier molecular flexibility index (Phi) is 4.21. The van der Waals surface area contributed by atoms with Crippen LogP contribution in [0.2, 0.25) is 5.02 Å².